The minimum atomic E-state index is -1.64. The van der Waals surface area contributed by atoms with Gasteiger partial charge in [0.05, 0.1) is 0 Å². The smallest absolute Gasteiger partial charge is 0.192 e. The standard InChI is InChI=1S/C22H38OSi/c1-7-8-14-21(19-23-24(5,6)22(2,3)4)18-13-12-17-20-15-10-9-11-16-20/h9-11,13,15-16,18,21H,7-8,12,14,17,19H2,1-6H3/b18-13+/t21-/m0/s1. The van der Waals surface area contributed by atoms with Gasteiger partial charge in [0.1, 0.15) is 0 Å². The zero-order chi connectivity index (χ0) is 18.1. The van der Waals surface area contributed by atoms with E-state index in [0.29, 0.717) is 11.0 Å². The molecule has 0 aliphatic rings. The molecule has 136 valence electrons. The molecule has 1 nitrogen and oxygen atoms in total. The van der Waals surface area contributed by atoms with Crippen LogP contribution in [0.2, 0.25) is 18.1 Å². The summed E-state index contributed by atoms with van der Waals surface area (Å²) >= 11 is 0. The fourth-order valence-corrected chi connectivity index (χ4v) is 3.48. The summed E-state index contributed by atoms with van der Waals surface area (Å²) in [7, 11) is -1.64. The lowest BCUT2D eigenvalue weighted by molar-refractivity contribution is 0.243. The molecule has 0 N–H and O–H groups in total. The highest BCUT2D eigenvalue weighted by atomic mass is 28.4. The average Bonchev–Trinajstić information content (AvgIpc) is 2.53. The molecule has 24 heavy (non-hydrogen) atoms. The third-order valence-electron chi connectivity index (χ3n) is 5.24. The van der Waals surface area contributed by atoms with E-state index in [2.05, 4.69) is 83.3 Å². The first-order valence-corrected chi connectivity index (χ1v) is 12.5. The van der Waals surface area contributed by atoms with Crippen LogP contribution in [0.1, 0.15) is 58.9 Å². The monoisotopic (exact) mass is 346 g/mol. The van der Waals surface area contributed by atoms with Crippen LogP contribution in [0.15, 0.2) is 42.5 Å². The first-order chi connectivity index (χ1) is 11.3. The molecule has 0 saturated carbocycles. The van der Waals surface area contributed by atoms with Crippen LogP contribution in [0, 0.1) is 5.92 Å². The van der Waals surface area contributed by atoms with Crippen LogP contribution in [0.25, 0.3) is 0 Å². The van der Waals surface area contributed by atoms with Crippen molar-refractivity contribution in [3.63, 3.8) is 0 Å². The van der Waals surface area contributed by atoms with Gasteiger partial charge in [-0.3, -0.25) is 0 Å². The van der Waals surface area contributed by atoms with Crippen LogP contribution in [-0.2, 0) is 10.8 Å². The lowest BCUT2D eigenvalue weighted by Crippen LogP contribution is -2.41. The van der Waals surface area contributed by atoms with E-state index < -0.39 is 8.32 Å². The second kappa shape index (κ2) is 10.2. The molecule has 1 aromatic carbocycles. The van der Waals surface area contributed by atoms with Crippen LogP contribution >= 0.6 is 0 Å². The molecule has 2 heteroatoms. The highest BCUT2D eigenvalue weighted by Crippen LogP contribution is 2.37. The minimum absolute atomic E-state index is 0.291. The van der Waals surface area contributed by atoms with Gasteiger partial charge in [0.2, 0.25) is 0 Å². The number of hydrogen-bond acceptors (Lipinski definition) is 1. The molecule has 1 aromatic rings. The number of benzene rings is 1. The fourth-order valence-electron chi connectivity index (χ4n) is 2.42. The van der Waals surface area contributed by atoms with E-state index in [0.717, 1.165) is 19.4 Å². The summed E-state index contributed by atoms with van der Waals surface area (Å²) in [6, 6.07) is 10.7. The molecule has 1 rings (SSSR count). The van der Waals surface area contributed by atoms with Crippen LogP contribution < -0.4 is 0 Å². The Bertz CT molecular complexity index is 470. The van der Waals surface area contributed by atoms with Crippen LogP contribution in [0.3, 0.4) is 0 Å². The van der Waals surface area contributed by atoms with E-state index >= 15 is 0 Å². The number of unbranched alkanes of at least 4 members (excludes halogenated alkanes) is 1. The molecule has 0 heterocycles. The van der Waals surface area contributed by atoms with E-state index in [4.69, 9.17) is 4.43 Å². The molecule has 0 unspecified atom stereocenters. The van der Waals surface area contributed by atoms with E-state index in [1.165, 1.54) is 24.8 Å². The van der Waals surface area contributed by atoms with Crippen LogP contribution in [0.4, 0.5) is 0 Å². The first kappa shape index (κ1) is 21.2. The second-order valence-corrected chi connectivity index (χ2v) is 13.2. The van der Waals surface area contributed by atoms with Gasteiger partial charge in [0.25, 0.3) is 0 Å². The Hall–Kier alpha value is -0.863. The Morgan fingerprint density at radius 1 is 1.12 bits per heavy atom. The molecule has 0 aliphatic heterocycles. The van der Waals surface area contributed by atoms with Crippen molar-refractivity contribution >= 4 is 8.32 Å². The van der Waals surface area contributed by atoms with Gasteiger partial charge in [-0.15, -0.1) is 0 Å². The Kier molecular flexibility index (Phi) is 9.00. The summed E-state index contributed by atoms with van der Waals surface area (Å²) in [4.78, 5) is 0. The molecule has 0 radical (unpaired) electrons. The lowest BCUT2D eigenvalue weighted by Gasteiger charge is -2.37. The van der Waals surface area contributed by atoms with Gasteiger partial charge in [-0.2, -0.15) is 0 Å². The van der Waals surface area contributed by atoms with Gasteiger partial charge in [-0.1, -0.05) is 83.0 Å². The van der Waals surface area contributed by atoms with E-state index in [9.17, 15) is 0 Å². The Labute approximate surface area is 151 Å². The molecular weight excluding hydrogens is 308 g/mol. The third-order valence-corrected chi connectivity index (χ3v) is 9.74. The molecule has 0 aliphatic carbocycles. The van der Waals surface area contributed by atoms with Crippen molar-refractivity contribution in [2.45, 2.75) is 77.9 Å². The summed E-state index contributed by atoms with van der Waals surface area (Å²) in [5.74, 6) is 0.565. The van der Waals surface area contributed by atoms with Gasteiger partial charge in [0.15, 0.2) is 8.32 Å². The number of allylic oxidation sites excluding steroid dienone is 1. The van der Waals surface area contributed by atoms with Crippen molar-refractivity contribution in [2.24, 2.45) is 5.92 Å². The van der Waals surface area contributed by atoms with Gasteiger partial charge >= 0.3 is 0 Å². The number of aryl methyl sites for hydroxylation is 1. The van der Waals surface area contributed by atoms with E-state index in [-0.39, 0.29) is 0 Å². The third kappa shape index (κ3) is 7.81. The zero-order valence-electron chi connectivity index (χ0n) is 16.8. The van der Waals surface area contributed by atoms with Crippen molar-refractivity contribution < 1.29 is 4.43 Å². The van der Waals surface area contributed by atoms with Crippen molar-refractivity contribution in [1.29, 1.82) is 0 Å². The molecular formula is C22H38OSi. The summed E-state index contributed by atoms with van der Waals surface area (Å²) in [6.07, 6.45) is 10.8. The first-order valence-electron chi connectivity index (χ1n) is 9.61. The largest absolute Gasteiger partial charge is 0.416 e. The van der Waals surface area contributed by atoms with E-state index in [1.807, 2.05) is 0 Å². The maximum atomic E-state index is 6.46. The molecule has 1 atom stereocenters. The second-order valence-electron chi connectivity index (χ2n) is 8.43. The van der Waals surface area contributed by atoms with Crippen molar-refractivity contribution in [2.75, 3.05) is 6.61 Å². The summed E-state index contributed by atoms with van der Waals surface area (Å²) < 4.78 is 6.46. The predicted molar refractivity (Wildman–Crippen MR) is 110 cm³/mol. The molecule has 0 fully saturated rings. The van der Waals surface area contributed by atoms with E-state index in [1.54, 1.807) is 0 Å². The van der Waals surface area contributed by atoms with Gasteiger partial charge < -0.3 is 4.43 Å². The molecule has 0 spiro atoms. The lowest BCUT2D eigenvalue weighted by atomic mass is 10.0. The van der Waals surface area contributed by atoms with Gasteiger partial charge in [0, 0.05) is 6.61 Å². The van der Waals surface area contributed by atoms with Crippen LogP contribution in [0.5, 0.6) is 0 Å². The van der Waals surface area contributed by atoms with Gasteiger partial charge in [-0.05, 0) is 48.9 Å². The Balaban J connectivity index is 2.50. The minimum Gasteiger partial charge on any atom is -0.416 e. The Morgan fingerprint density at radius 3 is 2.38 bits per heavy atom. The maximum Gasteiger partial charge on any atom is 0.192 e. The Morgan fingerprint density at radius 2 is 1.79 bits per heavy atom. The number of hydrogen-bond donors (Lipinski definition) is 0. The fraction of sp³-hybridized carbons (Fsp3) is 0.636. The van der Waals surface area contributed by atoms with Crippen LogP contribution in [-0.4, -0.2) is 14.9 Å². The predicted octanol–water partition coefficient (Wildman–Crippen LogP) is 7.00. The average molecular weight is 347 g/mol. The normalized spacial score (nSPS) is 14.2. The van der Waals surface area contributed by atoms with Gasteiger partial charge in [-0.25, -0.2) is 0 Å². The summed E-state index contributed by atoms with van der Waals surface area (Å²) in [5.41, 5.74) is 1.42. The molecule has 0 amide bonds. The highest BCUT2D eigenvalue weighted by molar-refractivity contribution is 6.74. The highest BCUT2D eigenvalue weighted by Gasteiger charge is 2.37. The summed E-state index contributed by atoms with van der Waals surface area (Å²) in [6.45, 7) is 14.8. The zero-order valence-corrected chi connectivity index (χ0v) is 17.8. The molecule has 0 bridgehead atoms. The van der Waals surface area contributed by atoms with Crippen molar-refractivity contribution in [3.05, 3.63) is 48.0 Å². The number of rotatable bonds is 10. The van der Waals surface area contributed by atoms with Crippen molar-refractivity contribution in [3.8, 4) is 0 Å². The summed E-state index contributed by atoms with van der Waals surface area (Å²) in [5, 5.41) is 0.291. The maximum absolute atomic E-state index is 6.46. The topological polar surface area (TPSA) is 9.23 Å². The molecule has 0 saturated heterocycles. The quantitative estimate of drug-likeness (QED) is 0.327. The molecule has 0 aromatic heterocycles. The SMILES string of the molecule is CCCC[C@@H](/C=C/CCc1ccccc1)CO[Si](C)(C)C(C)(C)C. The van der Waals surface area contributed by atoms with Crippen molar-refractivity contribution in [1.82, 2.24) is 0 Å².